The number of carbonyl (C=O) groups is 2. The number of unbranched alkanes of at least 4 members (excludes halogenated alkanes) is 1. The molecule has 1 unspecified atom stereocenters. The molecule has 0 radical (unpaired) electrons. The van der Waals surface area contributed by atoms with E-state index in [2.05, 4.69) is 0 Å². The first-order valence-corrected chi connectivity index (χ1v) is 6.62. The Bertz CT molecular complexity index is 253. The summed E-state index contributed by atoms with van der Waals surface area (Å²) in [7, 11) is 0. The number of rotatable bonds is 9. The van der Waals surface area contributed by atoms with E-state index in [0.717, 1.165) is 12.8 Å². The number of nitrogens with zero attached hydrogens (tertiary/aromatic N) is 1. The Morgan fingerprint density at radius 1 is 1.28 bits per heavy atom. The van der Waals surface area contributed by atoms with Crippen LogP contribution in [0.2, 0.25) is 0 Å². The highest BCUT2D eigenvalue weighted by Gasteiger charge is 2.16. The number of amides is 1. The molecular weight excluding hydrogens is 234 g/mol. The first-order valence-electron chi connectivity index (χ1n) is 6.62. The van der Waals surface area contributed by atoms with Gasteiger partial charge in [0.05, 0.1) is 19.1 Å². The van der Waals surface area contributed by atoms with Crippen molar-refractivity contribution in [3.05, 3.63) is 0 Å². The van der Waals surface area contributed by atoms with E-state index in [-0.39, 0.29) is 24.8 Å². The first kappa shape index (κ1) is 16.9. The van der Waals surface area contributed by atoms with Gasteiger partial charge in [-0.25, -0.2) is 0 Å². The summed E-state index contributed by atoms with van der Waals surface area (Å²) < 4.78 is 4.82. The molecule has 0 rings (SSSR count). The van der Waals surface area contributed by atoms with Crippen LogP contribution in [0.15, 0.2) is 0 Å². The third-order valence-corrected chi connectivity index (χ3v) is 2.47. The predicted octanol–water partition coefficient (Wildman–Crippen LogP) is 1.34. The van der Waals surface area contributed by atoms with E-state index in [1.165, 1.54) is 4.90 Å². The summed E-state index contributed by atoms with van der Waals surface area (Å²) in [6.07, 6.45) is 1.84. The molecule has 1 amide bonds. The van der Waals surface area contributed by atoms with Gasteiger partial charge >= 0.3 is 5.97 Å². The van der Waals surface area contributed by atoms with Gasteiger partial charge < -0.3 is 14.7 Å². The van der Waals surface area contributed by atoms with Crippen LogP contribution in [0.25, 0.3) is 0 Å². The zero-order valence-corrected chi connectivity index (χ0v) is 11.6. The average Bonchev–Trinajstić information content (AvgIpc) is 2.31. The minimum Gasteiger partial charge on any atom is -0.466 e. The normalized spacial score (nSPS) is 12.0. The van der Waals surface area contributed by atoms with E-state index in [1.54, 1.807) is 13.8 Å². The van der Waals surface area contributed by atoms with Crippen LogP contribution in [0, 0.1) is 0 Å². The Balaban J connectivity index is 4.21. The molecule has 0 aromatic heterocycles. The lowest BCUT2D eigenvalue weighted by molar-refractivity contribution is -0.144. The van der Waals surface area contributed by atoms with Gasteiger partial charge in [0, 0.05) is 19.5 Å². The molecule has 0 saturated carbocycles. The van der Waals surface area contributed by atoms with Gasteiger partial charge in [0.25, 0.3) is 0 Å². The van der Waals surface area contributed by atoms with Crippen molar-refractivity contribution in [1.82, 2.24) is 4.90 Å². The van der Waals surface area contributed by atoms with E-state index in [9.17, 15) is 14.7 Å². The molecule has 18 heavy (non-hydrogen) atoms. The number of hydrogen-bond donors (Lipinski definition) is 1. The fraction of sp³-hybridized carbons (Fsp3) is 0.846. The summed E-state index contributed by atoms with van der Waals surface area (Å²) in [5, 5.41) is 9.36. The Morgan fingerprint density at radius 2 is 1.94 bits per heavy atom. The summed E-state index contributed by atoms with van der Waals surface area (Å²) >= 11 is 0. The standard InChI is InChI=1S/C13H25NO4/c1-4-6-7-12(16)14(10-11(3)15)9-8-13(17)18-5-2/h11,15H,4-10H2,1-3H3. The van der Waals surface area contributed by atoms with E-state index in [4.69, 9.17) is 4.74 Å². The van der Waals surface area contributed by atoms with Crippen LogP contribution in [0.3, 0.4) is 0 Å². The molecule has 5 nitrogen and oxygen atoms in total. The van der Waals surface area contributed by atoms with Gasteiger partial charge in [-0.15, -0.1) is 0 Å². The molecule has 5 heteroatoms. The van der Waals surface area contributed by atoms with Crippen molar-refractivity contribution in [2.24, 2.45) is 0 Å². The second kappa shape index (κ2) is 9.88. The summed E-state index contributed by atoms with van der Waals surface area (Å²) in [4.78, 5) is 24.7. The van der Waals surface area contributed by atoms with Crippen molar-refractivity contribution in [2.45, 2.75) is 52.6 Å². The van der Waals surface area contributed by atoms with Crippen LogP contribution < -0.4 is 0 Å². The topological polar surface area (TPSA) is 66.8 Å². The van der Waals surface area contributed by atoms with E-state index in [1.807, 2.05) is 6.92 Å². The monoisotopic (exact) mass is 259 g/mol. The molecule has 0 aromatic rings. The van der Waals surface area contributed by atoms with Gasteiger partial charge in [-0.3, -0.25) is 9.59 Å². The second-order valence-corrected chi connectivity index (χ2v) is 4.35. The van der Waals surface area contributed by atoms with Gasteiger partial charge in [0.15, 0.2) is 0 Å². The smallest absolute Gasteiger partial charge is 0.307 e. The minimum atomic E-state index is -0.585. The van der Waals surface area contributed by atoms with Crippen molar-refractivity contribution in [2.75, 3.05) is 19.7 Å². The molecule has 0 aliphatic heterocycles. The van der Waals surface area contributed by atoms with Crippen molar-refractivity contribution in [3.8, 4) is 0 Å². The number of carbonyl (C=O) groups excluding carboxylic acids is 2. The van der Waals surface area contributed by atoms with Crippen LogP contribution in [0.5, 0.6) is 0 Å². The summed E-state index contributed by atoms with van der Waals surface area (Å²) in [6, 6.07) is 0. The van der Waals surface area contributed by atoms with Crippen molar-refractivity contribution < 1.29 is 19.4 Å². The lowest BCUT2D eigenvalue weighted by Gasteiger charge is -2.23. The Morgan fingerprint density at radius 3 is 2.44 bits per heavy atom. The molecule has 0 aliphatic rings. The van der Waals surface area contributed by atoms with Gasteiger partial charge in [0.1, 0.15) is 0 Å². The fourth-order valence-corrected chi connectivity index (χ4v) is 1.58. The summed E-state index contributed by atoms with van der Waals surface area (Å²) in [6.45, 7) is 6.32. The minimum absolute atomic E-state index is 0.0120. The molecule has 0 bridgehead atoms. The number of aliphatic hydroxyl groups excluding tert-OH is 1. The zero-order valence-electron chi connectivity index (χ0n) is 11.6. The quantitative estimate of drug-likeness (QED) is 0.634. The highest BCUT2D eigenvalue weighted by atomic mass is 16.5. The van der Waals surface area contributed by atoms with Crippen LogP contribution in [-0.4, -0.2) is 47.7 Å². The molecule has 1 atom stereocenters. The summed E-state index contributed by atoms with van der Waals surface area (Å²) in [5.41, 5.74) is 0. The third kappa shape index (κ3) is 8.06. The van der Waals surface area contributed by atoms with E-state index >= 15 is 0 Å². The van der Waals surface area contributed by atoms with Gasteiger partial charge in [-0.1, -0.05) is 13.3 Å². The predicted molar refractivity (Wildman–Crippen MR) is 69.0 cm³/mol. The highest BCUT2D eigenvalue weighted by molar-refractivity contribution is 5.77. The first-order chi connectivity index (χ1) is 8.51. The molecular formula is C13H25NO4. The molecule has 106 valence electrons. The molecule has 0 fully saturated rings. The van der Waals surface area contributed by atoms with Gasteiger partial charge in [0.2, 0.25) is 5.91 Å². The van der Waals surface area contributed by atoms with Crippen LogP contribution >= 0.6 is 0 Å². The maximum atomic E-state index is 11.9. The molecule has 0 spiro atoms. The zero-order chi connectivity index (χ0) is 14.0. The fourth-order valence-electron chi connectivity index (χ4n) is 1.58. The van der Waals surface area contributed by atoms with Crippen molar-refractivity contribution >= 4 is 11.9 Å². The number of esters is 1. The lowest BCUT2D eigenvalue weighted by atomic mass is 10.2. The van der Waals surface area contributed by atoms with E-state index < -0.39 is 6.10 Å². The molecule has 0 saturated heterocycles. The van der Waals surface area contributed by atoms with Crippen LogP contribution in [0.4, 0.5) is 0 Å². The third-order valence-electron chi connectivity index (χ3n) is 2.47. The number of aliphatic hydroxyl groups is 1. The summed E-state index contributed by atoms with van der Waals surface area (Å²) in [5.74, 6) is -0.321. The molecule has 0 aromatic carbocycles. The highest BCUT2D eigenvalue weighted by Crippen LogP contribution is 2.04. The lowest BCUT2D eigenvalue weighted by Crippen LogP contribution is -2.38. The molecule has 0 heterocycles. The number of hydrogen-bond acceptors (Lipinski definition) is 4. The van der Waals surface area contributed by atoms with Crippen molar-refractivity contribution in [1.29, 1.82) is 0 Å². The average molecular weight is 259 g/mol. The maximum absolute atomic E-state index is 11.9. The SMILES string of the molecule is CCCCC(=O)N(CCC(=O)OCC)CC(C)O. The molecule has 1 N–H and O–H groups in total. The Hall–Kier alpha value is -1.10. The van der Waals surface area contributed by atoms with Gasteiger partial charge in [-0.05, 0) is 20.3 Å². The largest absolute Gasteiger partial charge is 0.466 e. The Kier molecular flexibility index (Phi) is 9.28. The Labute approximate surface area is 109 Å². The van der Waals surface area contributed by atoms with E-state index in [0.29, 0.717) is 19.6 Å². The second-order valence-electron chi connectivity index (χ2n) is 4.35. The van der Waals surface area contributed by atoms with Gasteiger partial charge in [-0.2, -0.15) is 0 Å². The number of ether oxygens (including phenoxy) is 1. The van der Waals surface area contributed by atoms with Crippen LogP contribution in [0.1, 0.15) is 46.5 Å². The van der Waals surface area contributed by atoms with Crippen molar-refractivity contribution in [3.63, 3.8) is 0 Å². The van der Waals surface area contributed by atoms with Crippen LogP contribution in [-0.2, 0) is 14.3 Å². The maximum Gasteiger partial charge on any atom is 0.307 e. The molecule has 0 aliphatic carbocycles.